The van der Waals surface area contributed by atoms with Crippen LogP contribution >= 0.6 is 0 Å². The second kappa shape index (κ2) is 6.58. The Morgan fingerprint density at radius 3 is 2.76 bits per heavy atom. The molecule has 1 aliphatic rings. The van der Waals surface area contributed by atoms with Gasteiger partial charge < -0.3 is 10.1 Å². The molecule has 0 saturated carbocycles. The zero-order valence-corrected chi connectivity index (χ0v) is 13.3. The molecule has 9 heteroatoms. The SMILES string of the molecule is Cn1cc(CNc2ccc(C3=NCC(=O)OC3)cc2C(F)(F)F)cn1. The Morgan fingerprint density at radius 2 is 2.16 bits per heavy atom. The minimum atomic E-state index is -4.53. The Balaban J connectivity index is 1.86. The van der Waals surface area contributed by atoms with Gasteiger partial charge in [-0.1, -0.05) is 6.07 Å². The number of rotatable bonds is 4. The van der Waals surface area contributed by atoms with E-state index in [2.05, 4.69) is 15.4 Å². The maximum absolute atomic E-state index is 13.4. The molecule has 1 aromatic carbocycles. The normalized spacial score (nSPS) is 14.9. The fourth-order valence-electron chi connectivity index (χ4n) is 2.45. The van der Waals surface area contributed by atoms with Crippen LogP contribution in [0.3, 0.4) is 0 Å². The van der Waals surface area contributed by atoms with E-state index < -0.39 is 17.7 Å². The van der Waals surface area contributed by atoms with Gasteiger partial charge in [0.2, 0.25) is 0 Å². The van der Waals surface area contributed by atoms with Crippen LogP contribution in [0.5, 0.6) is 0 Å². The number of hydrogen-bond acceptors (Lipinski definition) is 5. The number of aliphatic imine (C=N–C) groups is 1. The number of alkyl halides is 3. The molecule has 0 fully saturated rings. The highest BCUT2D eigenvalue weighted by molar-refractivity contribution is 6.04. The Hall–Kier alpha value is -2.84. The minimum Gasteiger partial charge on any atom is -0.458 e. The van der Waals surface area contributed by atoms with Gasteiger partial charge in [-0.3, -0.25) is 14.5 Å². The van der Waals surface area contributed by atoms with E-state index in [1.54, 1.807) is 24.1 Å². The third-order valence-electron chi connectivity index (χ3n) is 3.67. The zero-order chi connectivity index (χ0) is 18.0. The second-order valence-electron chi connectivity index (χ2n) is 5.56. The molecule has 1 aliphatic heterocycles. The number of hydrogen-bond donors (Lipinski definition) is 1. The molecule has 25 heavy (non-hydrogen) atoms. The molecule has 0 saturated heterocycles. The van der Waals surface area contributed by atoms with Crippen molar-refractivity contribution in [3.05, 3.63) is 47.3 Å². The average molecular weight is 352 g/mol. The van der Waals surface area contributed by atoms with Crippen molar-refractivity contribution in [3.63, 3.8) is 0 Å². The van der Waals surface area contributed by atoms with Gasteiger partial charge in [0.15, 0.2) is 0 Å². The second-order valence-corrected chi connectivity index (χ2v) is 5.56. The maximum atomic E-state index is 13.4. The van der Waals surface area contributed by atoms with Gasteiger partial charge in [-0.15, -0.1) is 0 Å². The van der Waals surface area contributed by atoms with Crippen molar-refractivity contribution in [1.82, 2.24) is 9.78 Å². The lowest BCUT2D eigenvalue weighted by Gasteiger charge is -2.18. The van der Waals surface area contributed by atoms with Crippen LogP contribution in [0, 0.1) is 0 Å². The number of anilines is 1. The molecule has 0 radical (unpaired) electrons. The van der Waals surface area contributed by atoms with Gasteiger partial charge in [0.1, 0.15) is 13.2 Å². The van der Waals surface area contributed by atoms with E-state index in [1.807, 2.05) is 0 Å². The van der Waals surface area contributed by atoms with E-state index >= 15 is 0 Å². The summed E-state index contributed by atoms with van der Waals surface area (Å²) in [5, 5.41) is 6.77. The summed E-state index contributed by atoms with van der Waals surface area (Å²) < 4.78 is 46.6. The number of cyclic esters (lactones) is 1. The van der Waals surface area contributed by atoms with Crippen LogP contribution < -0.4 is 5.32 Å². The molecule has 6 nitrogen and oxygen atoms in total. The number of esters is 1. The van der Waals surface area contributed by atoms with Crippen molar-refractivity contribution >= 4 is 17.4 Å². The smallest absolute Gasteiger partial charge is 0.418 e. The highest BCUT2D eigenvalue weighted by Crippen LogP contribution is 2.36. The highest BCUT2D eigenvalue weighted by atomic mass is 19.4. The van der Waals surface area contributed by atoms with Gasteiger partial charge in [0.25, 0.3) is 0 Å². The van der Waals surface area contributed by atoms with Crippen molar-refractivity contribution in [3.8, 4) is 0 Å². The molecule has 3 rings (SSSR count). The molecule has 0 amide bonds. The van der Waals surface area contributed by atoms with Crippen molar-refractivity contribution in [2.24, 2.45) is 12.0 Å². The first-order valence-corrected chi connectivity index (χ1v) is 7.45. The van der Waals surface area contributed by atoms with Gasteiger partial charge in [0, 0.05) is 31.0 Å². The number of benzene rings is 1. The Bertz CT molecular complexity index is 827. The van der Waals surface area contributed by atoms with E-state index in [0.29, 0.717) is 5.71 Å². The summed E-state index contributed by atoms with van der Waals surface area (Å²) >= 11 is 0. The fourth-order valence-corrected chi connectivity index (χ4v) is 2.45. The first-order chi connectivity index (χ1) is 11.8. The van der Waals surface area contributed by atoms with E-state index in [1.165, 1.54) is 12.1 Å². The average Bonchev–Trinajstić information content (AvgIpc) is 2.98. The standard InChI is InChI=1S/C16H15F3N4O2/c1-23-8-10(6-22-23)5-20-13-3-2-11(4-12(13)16(17,18)19)14-9-25-15(24)7-21-14/h2-4,6,8,20H,5,7,9H2,1H3. The summed E-state index contributed by atoms with van der Waals surface area (Å²) in [5.74, 6) is -0.491. The molecule has 0 spiro atoms. The Labute approximate surface area is 141 Å². The van der Waals surface area contributed by atoms with Crippen molar-refractivity contribution in [2.75, 3.05) is 18.5 Å². The lowest BCUT2D eigenvalue weighted by Crippen LogP contribution is -2.24. The number of halogens is 3. The molecule has 1 N–H and O–H groups in total. The third-order valence-corrected chi connectivity index (χ3v) is 3.67. The maximum Gasteiger partial charge on any atom is 0.418 e. The molecular weight excluding hydrogens is 337 g/mol. The van der Waals surface area contributed by atoms with Crippen LogP contribution in [-0.4, -0.2) is 34.6 Å². The van der Waals surface area contributed by atoms with Crippen LogP contribution in [0.1, 0.15) is 16.7 Å². The van der Waals surface area contributed by atoms with Crippen LogP contribution in [0.4, 0.5) is 18.9 Å². The lowest BCUT2D eigenvalue weighted by molar-refractivity contribution is -0.141. The van der Waals surface area contributed by atoms with E-state index in [9.17, 15) is 18.0 Å². The first-order valence-electron chi connectivity index (χ1n) is 7.45. The predicted octanol–water partition coefficient (Wildman–Crippen LogP) is 2.40. The molecule has 0 unspecified atom stereocenters. The van der Waals surface area contributed by atoms with Crippen molar-refractivity contribution in [1.29, 1.82) is 0 Å². The zero-order valence-electron chi connectivity index (χ0n) is 13.3. The summed E-state index contributed by atoms with van der Waals surface area (Å²) in [6.45, 7) is -0.0922. The molecule has 2 aromatic rings. The van der Waals surface area contributed by atoms with Gasteiger partial charge >= 0.3 is 12.1 Å². The fraction of sp³-hybridized carbons (Fsp3) is 0.312. The summed E-state index contributed by atoms with van der Waals surface area (Å²) in [4.78, 5) is 15.0. The molecule has 2 heterocycles. The van der Waals surface area contributed by atoms with Crippen molar-refractivity contribution < 1.29 is 22.7 Å². The lowest BCUT2D eigenvalue weighted by atomic mass is 10.0. The van der Waals surface area contributed by atoms with Gasteiger partial charge in [-0.25, -0.2) is 0 Å². The number of nitrogens with zero attached hydrogens (tertiary/aromatic N) is 3. The number of carbonyl (C=O) groups is 1. The van der Waals surface area contributed by atoms with Crippen LogP contribution in [0.25, 0.3) is 0 Å². The Morgan fingerprint density at radius 1 is 1.36 bits per heavy atom. The van der Waals surface area contributed by atoms with Crippen molar-refractivity contribution in [2.45, 2.75) is 12.7 Å². The van der Waals surface area contributed by atoms with E-state index in [4.69, 9.17) is 4.74 Å². The van der Waals surface area contributed by atoms with Gasteiger partial charge in [-0.05, 0) is 17.7 Å². The molecule has 132 valence electrons. The number of nitrogens with one attached hydrogen (secondary N) is 1. The molecular formula is C16H15F3N4O2. The van der Waals surface area contributed by atoms with Crippen LogP contribution in [0.2, 0.25) is 0 Å². The Kier molecular flexibility index (Phi) is 4.47. The van der Waals surface area contributed by atoms with Gasteiger partial charge in [-0.2, -0.15) is 18.3 Å². The van der Waals surface area contributed by atoms with Crippen LogP contribution in [0.15, 0.2) is 35.6 Å². The van der Waals surface area contributed by atoms with Gasteiger partial charge in [0.05, 0.1) is 17.5 Å². The quantitative estimate of drug-likeness (QED) is 0.858. The third kappa shape index (κ3) is 3.98. The number of carbonyl (C=O) groups excluding carboxylic acids is 1. The topological polar surface area (TPSA) is 68.5 Å². The monoisotopic (exact) mass is 352 g/mol. The number of ether oxygens (including phenoxy) is 1. The molecule has 0 bridgehead atoms. The molecule has 0 aliphatic carbocycles. The highest BCUT2D eigenvalue weighted by Gasteiger charge is 2.34. The number of aromatic nitrogens is 2. The first kappa shape index (κ1) is 17.0. The molecule has 1 aromatic heterocycles. The van der Waals surface area contributed by atoms with E-state index in [0.717, 1.165) is 11.6 Å². The summed E-state index contributed by atoms with van der Waals surface area (Å²) in [5.41, 5.74) is 0.543. The molecule has 0 atom stereocenters. The summed E-state index contributed by atoms with van der Waals surface area (Å²) in [6, 6.07) is 3.90. The summed E-state index contributed by atoms with van der Waals surface area (Å²) in [6.07, 6.45) is -1.22. The largest absolute Gasteiger partial charge is 0.458 e. The number of aryl methyl sites for hydroxylation is 1. The predicted molar refractivity (Wildman–Crippen MR) is 84.3 cm³/mol. The minimum absolute atomic E-state index is 0.0338. The summed E-state index contributed by atoms with van der Waals surface area (Å²) in [7, 11) is 1.73. The van der Waals surface area contributed by atoms with Crippen LogP contribution in [-0.2, 0) is 29.3 Å². The van der Waals surface area contributed by atoms with E-state index in [-0.39, 0.29) is 30.9 Å².